The molecule has 0 saturated heterocycles. The Morgan fingerprint density at radius 1 is 1.06 bits per heavy atom. The lowest BCUT2D eigenvalue weighted by Crippen LogP contribution is -2.32. The monoisotopic (exact) mass is 442 g/mol. The van der Waals surface area contributed by atoms with Gasteiger partial charge in [0.25, 0.3) is 0 Å². The summed E-state index contributed by atoms with van der Waals surface area (Å²) in [5.74, 6) is -0.0659. The molecule has 6 heteroatoms. The molecule has 2 N–H and O–H groups in total. The Balaban J connectivity index is 1.37. The van der Waals surface area contributed by atoms with E-state index in [0.717, 1.165) is 34.1 Å². The van der Waals surface area contributed by atoms with E-state index in [2.05, 4.69) is 22.4 Å². The zero-order chi connectivity index (χ0) is 22.1. The number of carbonyl (C=O) groups excluding carboxylic acids is 1. The molecule has 3 aromatic carbocycles. The number of para-hydroxylation sites is 1. The SMILES string of the molecule is C[C@H](C(=O)NCCc1c[nH]c2ccccc12)n1nc(-c2ccccc2)c2cc(Cl)ccc21. The lowest BCUT2D eigenvalue weighted by atomic mass is 10.1. The van der Waals surface area contributed by atoms with E-state index in [1.54, 1.807) is 4.68 Å². The van der Waals surface area contributed by atoms with Crippen LogP contribution in [-0.2, 0) is 11.2 Å². The summed E-state index contributed by atoms with van der Waals surface area (Å²) in [6.45, 7) is 2.43. The number of hydrogen-bond acceptors (Lipinski definition) is 2. The summed E-state index contributed by atoms with van der Waals surface area (Å²) >= 11 is 6.27. The van der Waals surface area contributed by atoms with Crippen molar-refractivity contribution in [2.75, 3.05) is 6.54 Å². The van der Waals surface area contributed by atoms with Crippen LogP contribution in [0.15, 0.2) is 79.0 Å². The van der Waals surface area contributed by atoms with E-state index in [0.29, 0.717) is 11.6 Å². The van der Waals surface area contributed by atoms with Crippen molar-refractivity contribution in [1.29, 1.82) is 0 Å². The van der Waals surface area contributed by atoms with E-state index in [1.807, 2.05) is 73.8 Å². The van der Waals surface area contributed by atoms with Crippen LogP contribution in [0.5, 0.6) is 0 Å². The van der Waals surface area contributed by atoms with Crippen molar-refractivity contribution < 1.29 is 4.79 Å². The maximum Gasteiger partial charge on any atom is 0.244 e. The van der Waals surface area contributed by atoms with Crippen molar-refractivity contribution in [2.45, 2.75) is 19.4 Å². The average Bonchev–Trinajstić information content (AvgIpc) is 3.40. The van der Waals surface area contributed by atoms with Crippen molar-refractivity contribution in [3.63, 3.8) is 0 Å². The van der Waals surface area contributed by atoms with Crippen LogP contribution in [0, 0.1) is 0 Å². The Morgan fingerprint density at radius 3 is 2.69 bits per heavy atom. The first kappa shape index (κ1) is 20.3. The number of nitrogens with one attached hydrogen (secondary N) is 2. The minimum Gasteiger partial charge on any atom is -0.361 e. The van der Waals surface area contributed by atoms with Gasteiger partial charge in [0, 0.05) is 39.6 Å². The molecule has 0 spiro atoms. The highest BCUT2D eigenvalue weighted by Gasteiger charge is 2.21. The van der Waals surface area contributed by atoms with Crippen molar-refractivity contribution in [3.05, 3.63) is 89.6 Å². The van der Waals surface area contributed by atoms with E-state index in [4.69, 9.17) is 16.7 Å². The molecule has 160 valence electrons. The highest BCUT2D eigenvalue weighted by Crippen LogP contribution is 2.31. The molecular formula is C26H23ClN4O. The largest absolute Gasteiger partial charge is 0.361 e. The Labute approximate surface area is 191 Å². The average molecular weight is 443 g/mol. The molecule has 0 aliphatic heterocycles. The summed E-state index contributed by atoms with van der Waals surface area (Å²) in [6.07, 6.45) is 2.77. The van der Waals surface area contributed by atoms with Gasteiger partial charge in [0.2, 0.25) is 5.91 Å². The molecule has 2 heterocycles. The summed E-state index contributed by atoms with van der Waals surface area (Å²) in [4.78, 5) is 16.3. The maximum absolute atomic E-state index is 13.0. The quantitative estimate of drug-likeness (QED) is 0.351. The van der Waals surface area contributed by atoms with Gasteiger partial charge in [-0.05, 0) is 43.2 Å². The van der Waals surface area contributed by atoms with Gasteiger partial charge >= 0.3 is 0 Å². The number of nitrogens with zero attached hydrogens (tertiary/aromatic N) is 2. The number of H-pyrrole nitrogens is 1. The summed E-state index contributed by atoms with van der Waals surface area (Å²) in [5.41, 5.74) is 5.00. The summed E-state index contributed by atoms with van der Waals surface area (Å²) in [6, 6.07) is 23.3. The molecule has 32 heavy (non-hydrogen) atoms. The van der Waals surface area contributed by atoms with Gasteiger partial charge in [0.05, 0.1) is 5.52 Å². The third-order valence-corrected chi connectivity index (χ3v) is 6.07. The Bertz CT molecular complexity index is 1400. The van der Waals surface area contributed by atoms with Crippen LogP contribution in [0.1, 0.15) is 18.5 Å². The third-order valence-electron chi connectivity index (χ3n) is 5.83. The van der Waals surface area contributed by atoms with Gasteiger partial charge in [-0.2, -0.15) is 5.10 Å². The fourth-order valence-corrected chi connectivity index (χ4v) is 4.31. The second kappa shape index (κ2) is 8.52. The van der Waals surface area contributed by atoms with Gasteiger partial charge in [0.1, 0.15) is 11.7 Å². The number of aromatic amines is 1. The van der Waals surface area contributed by atoms with Gasteiger partial charge < -0.3 is 10.3 Å². The number of hydrogen-bond donors (Lipinski definition) is 2. The van der Waals surface area contributed by atoms with E-state index in [-0.39, 0.29) is 5.91 Å². The molecule has 0 bridgehead atoms. The van der Waals surface area contributed by atoms with E-state index in [1.165, 1.54) is 10.9 Å². The standard InChI is InChI=1S/C26H23ClN4O/c1-17(26(32)28-14-13-19-16-29-23-10-6-5-9-21(19)23)31-24-12-11-20(27)15-22(24)25(30-31)18-7-3-2-4-8-18/h2-12,15-17,29H,13-14H2,1H3,(H,28,32)/t17-/m1/s1. The molecule has 1 amide bonds. The third kappa shape index (κ3) is 3.76. The van der Waals surface area contributed by atoms with Crippen LogP contribution in [0.3, 0.4) is 0 Å². The zero-order valence-electron chi connectivity index (χ0n) is 17.7. The van der Waals surface area contributed by atoms with Crippen molar-refractivity contribution in [1.82, 2.24) is 20.1 Å². The predicted octanol–water partition coefficient (Wildman–Crippen LogP) is 5.76. The first-order chi connectivity index (χ1) is 15.6. The highest BCUT2D eigenvalue weighted by atomic mass is 35.5. The fraction of sp³-hybridized carbons (Fsp3) is 0.154. The molecule has 0 saturated carbocycles. The van der Waals surface area contributed by atoms with E-state index in [9.17, 15) is 4.79 Å². The van der Waals surface area contributed by atoms with Crippen molar-refractivity contribution in [3.8, 4) is 11.3 Å². The van der Waals surface area contributed by atoms with Crippen LogP contribution in [0.4, 0.5) is 0 Å². The second-order valence-electron chi connectivity index (χ2n) is 7.90. The summed E-state index contributed by atoms with van der Waals surface area (Å²) < 4.78 is 1.79. The number of amides is 1. The lowest BCUT2D eigenvalue weighted by molar-refractivity contribution is -0.123. The number of aromatic nitrogens is 3. The van der Waals surface area contributed by atoms with Gasteiger partial charge in [-0.1, -0.05) is 60.1 Å². The fourth-order valence-electron chi connectivity index (χ4n) is 4.14. The molecular weight excluding hydrogens is 420 g/mol. The predicted molar refractivity (Wildman–Crippen MR) is 130 cm³/mol. The van der Waals surface area contributed by atoms with Crippen molar-refractivity contribution >= 4 is 39.3 Å². The van der Waals surface area contributed by atoms with Crippen LogP contribution >= 0.6 is 11.6 Å². The smallest absolute Gasteiger partial charge is 0.244 e. The van der Waals surface area contributed by atoms with Gasteiger partial charge in [-0.15, -0.1) is 0 Å². The maximum atomic E-state index is 13.0. The van der Waals surface area contributed by atoms with Crippen LogP contribution in [0.25, 0.3) is 33.1 Å². The molecule has 1 atom stereocenters. The minimum absolute atomic E-state index is 0.0659. The Hall–Kier alpha value is -3.57. The van der Waals surface area contributed by atoms with Gasteiger partial charge in [0.15, 0.2) is 0 Å². The zero-order valence-corrected chi connectivity index (χ0v) is 18.4. The lowest BCUT2D eigenvalue weighted by Gasteiger charge is -2.14. The van der Waals surface area contributed by atoms with E-state index < -0.39 is 6.04 Å². The van der Waals surface area contributed by atoms with Crippen LogP contribution in [0.2, 0.25) is 5.02 Å². The van der Waals surface area contributed by atoms with E-state index >= 15 is 0 Å². The Kier molecular flexibility index (Phi) is 5.41. The molecule has 5 rings (SSSR count). The van der Waals surface area contributed by atoms with Gasteiger partial charge in [-0.3, -0.25) is 9.48 Å². The molecule has 0 radical (unpaired) electrons. The molecule has 0 unspecified atom stereocenters. The van der Waals surface area contributed by atoms with Crippen LogP contribution < -0.4 is 5.32 Å². The molecule has 0 fully saturated rings. The van der Waals surface area contributed by atoms with Crippen molar-refractivity contribution in [2.24, 2.45) is 0 Å². The first-order valence-corrected chi connectivity index (χ1v) is 11.1. The molecule has 5 nitrogen and oxygen atoms in total. The second-order valence-corrected chi connectivity index (χ2v) is 8.33. The highest BCUT2D eigenvalue weighted by molar-refractivity contribution is 6.31. The molecule has 0 aliphatic rings. The number of benzene rings is 3. The summed E-state index contributed by atoms with van der Waals surface area (Å²) in [5, 5.41) is 10.7. The summed E-state index contributed by atoms with van der Waals surface area (Å²) in [7, 11) is 0. The number of halogens is 1. The van der Waals surface area contributed by atoms with Crippen LogP contribution in [-0.4, -0.2) is 27.2 Å². The van der Waals surface area contributed by atoms with Gasteiger partial charge in [-0.25, -0.2) is 0 Å². The number of rotatable bonds is 6. The first-order valence-electron chi connectivity index (χ1n) is 10.7. The molecule has 0 aliphatic carbocycles. The Morgan fingerprint density at radius 2 is 1.84 bits per heavy atom. The molecule has 5 aromatic rings. The number of fused-ring (bicyclic) bond motifs is 2. The number of carbonyl (C=O) groups is 1. The topological polar surface area (TPSA) is 62.7 Å². The minimum atomic E-state index is -0.459. The normalized spacial score (nSPS) is 12.3. The molecule has 2 aromatic heterocycles.